The molecule has 0 amide bonds. The molecular weight excluding hydrogens is 270 g/mol. The van der Waals surface area contributed by atoms with E-state index in [1.54, 1.807) is 6.07 Å². The van der Waals surface area contributed by atoms with Crippen LogP contribution >= 0.6 is 11.6 Å². The van der Waals surface area contributed by atoms with Gasteiger partial charge in [0.1, 0.15) is 11.9 Å². The standard InChI is InChI=1S/C16H12ClN3/c1-11-5-4-8-14-16(11)19-15(9-17)20(14)13-7-3-2-6-12(13)10-18/h2-8H,9H2,1H3. The van der Waals surface area contributed by atoms with E-state index < -0.39 is 0 Å². The van der Waals surface area contributed by atoms with Crippen LogP contribution in [0, 0.1) is 18.3 Å². The minimum atomic E-state index is 0.299. The van der Waals surface area contributed by atoms with Crippen molar-refractivity contribution in [3.8, 4) is 11.8 Å². The highest BCUT2D eigenvalue weighted by atomic mass is 35.5. The minimum absolute atomic E-state index is 0.299. The normalized spacial score (nSPS) is 10.7. The molecular formula is C16H12ClN3. The number of aromatic nitrogens is 2. The minimum Gasteiger partial charge on any atom is -0.294 e. The maximum atomic E-state index is 9.29. The fraction of sp³-hybridized carbons (Fsp3) is 0.125. The predicted molar refractivity (Wildman–Crippen MR) is 80.1 cm³/mol. The summed E-state index contributed by atoms with van der Waals surface area (Å²) in [4.78, 5) is 4.60. The molecule has 0 spiro atoms. The lowest BCUT2D eigenvalue weighted by Crippen LogP contribution is -2.01. The van der Waals surface area contributed by atoms with E-state index in [4.69, 9.17) is 11.6 Å². The molecule has 0 bridgehead atoms. The Kier molecular flexibility index (Phi) is 3.17. The van der Waals surface area contributed by atoms with Crippen molar-refractivity contribution in [2.75, 3.05) is 0 Å². The molecule has 0 aliphatic heterocycles. The molecule has 0 saturated carbocycles. The molecule has 0 fully saturated rings. The lowest BCUT2D eigenvalue weighted by molar-refractivity contribution is 0.978. The van der Waals surface area contributed by atoms with Gasteiger partial charge in [0.25, 0.3) is 0 Å². The van der Waals surface area contributed by atoms with E-state index in [1.165, 1.54) is 0 Å². The summed E-state index contributed by atoms with van der Waals surface area (Å²) >= 11 is 6.04. The number of hydrogen-bond acceptors (Lipinski definition) is 2. The summed E-state index contributed by atoms with van der Waals surface area (Å²) in [6.45, 7) is 2.02. The van der Waals surface area contributed by atoms with Crippen molar-refractivity contribution >= 4 is 22.6 Å². The third-order valence-corrected chi connectivity index (χ3v) is 3.58. The van der Waals surface area contributed by atoms with Crippen LogP contribution in [0.5, 0.6) is 0 Å². The molecule has 3 nitrogen and oxygen atoms in total. The summed E-state index contributed by atoms with van der Waals surface area (Å²) in [5.74, 6) is 1.05. The Morgan fingerprint density at radius 1 is 1.20 bits per heavy atom. The lowest BCUT2D eigenvalue weighted by Gasteiger charge is -2.09. The Bertz CT molecular complexity index is 827. The van der Waals surface area contributed by atoms with Crippen molar-refractivity contribution in [3.05, 3.63) is 59.4 Å². The van der Waals surface area contributed by atoms with Gasteiger partial charge in [0.15, 0.2) is 0 Å². The van der Waals surface area contributed by atoms with Crippen LogP contribution in [0.2, 0.25) is 0 Å². The molecule has 0 atom stereocenters. The Morgan fingerprint density at radius 3 is 2.75 bits per heavy atom. The van der Waals surface area contributed by atoms with Gasteiger partial charge < -0.3 is 0 Å². The van der Waals surface area contributed by atoms with Crippen LogP contribution < -0.4 is 0 Å². The molecule has 0 unspecified atom stereocenters. The topological polar surface area (TPSA) is 41.6 Å². The summed E-state index contributed by atoms with van der Waals surface area (Å²) in [5.41, 5.74) is 4.43. The molecule has 1 aromatic heterocycles. The van der Waals surface area contributed by atoms with Gasteiger partial charge in [-0.05, 0) is 30.7 Å². The zero-order chi connectivity index (χ0) is 14.1. The van der Waals surface area contributed by atoms with Crippen molar-refractivity contribution < 1.29 is 0 Å². The summed E-state index contributed by atoms with van der Waals surface area (Å²) in [5, 5.41) is 9.29. The largest absolute Gasteiger partial charge is 0.294 e. The maximum absolute atomic E-state index is 9.29. The second kappa shape index (κ2) is 4.99. The first-order valence-corrected chi connectivity index (χ1v) is 6.82. The van der Waals surface area contributed by atoms with Crippen LogP contribution in [0.1, 0.15) is 17.0 Å². The van der Waals surface area contributed by atoms with Gasteiger partial charge in [0.05, 0.1) is 28.2 Å². The first-order valence-electron chi connectivity index (χ1n) is 6.28. The second-order valence-electron chi connectivity index (χ2n) is 4.57. The number of fused-ring (bicyclic) bond motifs is 1. The smallest absolute Gasteiger partial charge is 0.129 e. The zero-order valence-corrected chi connectivity index (χ0v) is 11.7. The van der Waals surface area contributed by atoms with Gasteiger partial charge in [-0.15, -0.1) is 11.6 Å². The molecule has 0 aliphatic carbocycles. The lowest BCUT2D eigenvalue weighted by atomic mass is 10.1. The first-order chi connectivity index (χ1) is 9.76. The van der Waals surface area contributed by atoms with E-state index >= 15 is 0 Å². The van der Waals surface area contributed by atoms with E-state index in [1.807, 2.05) is 47.9 Å². The van der Waals surface area contributed by atoms with E-state index in [2.05, 4.69) is 11.1 Å². The van der Waals surface area contributed by atoms with Gasteiger partial charge in [-0.3, -0.25) is 4.57 Å². The van der Waals surface area contributed by atoms with Crippen molar-refractivity contribution in [3.63, 3.8) is 0 Å². The number of imidazole rings is 1. The number of nitrogens with zero attached hydrogens (tertiary/aromatic N) is 3. The highest BCUT2D eigenvalue weighted by Crippen LogP contribution is 2.26. The summed E-state index contributed by atoms with van der Waals surface area (Å²) in [7, 11) is 0. The summed E-state index contributed by atoms with van der Waals surface area (Å²) in [6, 6.07) is 15.7. The number of benzene rings is 2. The number of alkyl halides is 1. The van der Waals surface area contributed by atoms with Gasteiger partial charge in [-0.25, -0.2) is 4.98 Å². The molecule has 0 radical (unpaired) electrons. The number of nitriles is 1. The third kappa shape index (κ3) is 1.86. The molecule has 3 aromatic rings. The number of hydrogen-bond donors (Lipinski definition) is 0. The number of rotatable bonds is 2. The summed E-state index contributed by atoms with van der Waals surface area (Å²) in [6.07, 6.45) is 0. The Labute approximate surface area is 122 Å². The second-order valence-corrected chi connectivity index (χ2v) is 4.84. The van der Waals surface area contributed by atoms with Gasteiger partial charge in [-0.1, -0.05) is 24.3 Å². The van der Waals surface area contributed by atoms with E-state index in [9.17, 15) is 5.26 Å². The third-order valence-electron chi connectivity index (χ3n) is 3.34. The average Bonchev–Trinajstić information content (AvgIpc) is 2.87. The van der Waals surface area contributed by atoms with E-state index in [0.717, 1.165) is 28.1 Å². The Morgan fingerprint density at radius 2 is 2.00 bits per heavy atom. The molecule has 1 heterocycles. The number of aryl methyl sites for hydroxylation is 1. The molecule has 0 aliphatic rings. The molecule has 2 aromatic carbocycles. The molecule has 98 valence electrons. The molecule has 3 rings (SSSR count). The van der Waals surface area contributed by atoms with Crippen LogP contribution in [0.15, 0.2) is 42.5 Å². The molecule has 0 saturated heterocycles. The monoisotopic (exact) mass is 281 g/mol. The Hall–Kier alpha value is -2.31. The van der Waals surface area contributed by atoms with Gasteiger partial charge >= 0.3 is 0 Å². The Balaban J connectivity index is 2.41. The van der Waals surface area contributed by atoms with Crippen molar-refractivity contribution in [1.82, 2.24) is 9.55 Å². The van der Waals surface area contributed by atoms with Gasteiger partial charge in [0.2, 0.25) is 0 Å². The molecule has 20 heavy (non-hydrogen) atoms. The molecule has 4 heteroatoms. The van der Waals surface area contributed by atoms with Crippen LogP contribution in [0.4, 0.5) is 0 Å². The number of halogens is 1. The average molecular weight is 282 g/mol. The van der Waals surface area contributed by atoms with Crippen LogP contribution in [-0.4, -0.2) is 9.55 Å². The predicted octanol–water partition coefficient (Wildman–Crippen LogP) is 3.94. The van der Waals surface area contributed by atoms with Crippen molar-refractivity contribution in [2.24, 2.45) is 0 Å². The van der Waals surface area contributed by atoms with Gasteiger partial charge in [0, 0.05) is 0 Å². The fourth-order valence-electron chi connectivity index (χ4n) is 2.41. The highest BCUT2D eigenvalue weighted by molar-refractivity contribution is 6.17. The van der Waals surface area contributed by atoms with Crippen molar-refractivity contribution in [1.29, 1.82) is 5.26 Å². The van der Waals surface area contributed by atoms with Crippen LogP contribution in [-0.2, 0) is 5.88 Å². The van der Waals surface area contributed by atoms with Crippen molar-refractivity contribution in [2.45, 2.75) is 12.8 Å². The number of para-hydroxylation sites is 2. The van der Waals surface area contributed by atoms with E-state index in [0.29, 0.717) is 11.4 Å². The first kappa shape index (κ1) is 12.7. The highest BCUT2D eigenvalue weighted by Gasteiger charge is 2.15. The summed E-state index contributed by atoms with van der Waals surface area (Å²) < 4.78 is 1.97. The van der Waals surface area contributed by atoms with E-state index in [-0.39, 0.29) is 0 Å². The fourth-order valence-corrected chi connectivity index (χ4v) is 2.59. The SMILES string of the molecule is Cc1cccc2c1nc(CCl)n2-c1ccccc1C#N. The van der Waals surface area contributed by atoms with Gasteiger partial charge in [-0.2, -0.15) is 5.26 Å². The van der Waals surface area contributed by atoms with Crippen LogP contribution in [0.25, 0.3) is 16.7 Å². The zero-order valence-electron chi connectivity index (χ0n) is 11.0. The maximum Gasteiger partial charge on any atom is 0.129 e. The van der Waals surface area contributed by atoms with Crippen LogP contribution in [0.3, 0.4) is 0 Å². The quantitative estimate of drug-likeness (QED) is 0.668. The molecule has 0 N–H and O–H groups in total.